The van der Waals surface area contributed by atoms with E-state index in [1.807, 2.05) is 19.1 Å². The van der Waals surface area contributed by atoms with Crippen molar-refractivity contribution >= 4 is 23.4 Å². The molecule has 4 heterocycles. The van der Waals surface area contributed by atoms with E-state index in [0.717, 1.165) is 51.4 Å². The second kappa shape index (κ2) is 8.98. The summed E-state index contributed by atoms with van der Waals surface area (Å²) in [6, 6.07) is 2.87. The van der Waals surface area contributed by atoms with Crippen molar-refractivity contribution in [2.24, 2.45) is 11.8 Å². The summed E-state index contributed by atoms with van der Waals surface area (Å²) in [7, 11) is 0. The van der Waals surface area contributed by atoms with E-state index in [1.54, 1.807) is 24.5 Å². The first-order valence-electron chi connectivity index (χ1n) is 13.7. The number of pyridine rings is 1. The van der Waals surface area contributed by atoms with Crippen LogP contribution in [0.15, 0.2) is 36.7 Å². The summed E-state index contributed by atoms with van der Waals surface area (Å²) in [5, 5.41) is 6.45. The molecule has 8 nitrogen and oxygen atoms in total. The summed E-state index contributed by atoms with van der Waals surface area (Å²) >= 11 is 0. The Morgan fingerprint density at radius 2 is 1.61 bits per heavy atom. The highest BCUT2D eigenvalue weighted by molar-refractivity contribution is 6.10. The van der Waals surface area contributed by atoms with Crippen LogP contribution in [0.3, 0.4) is 0 Å². The van der Waals surface area contributed by atoms with Crippen molar-refractivity contribution in [1.82, 2.24) is 15.6 Å². The van der Waals surface area contributed by atoms with E-state index in [1.165, 1.54) is 17.7 Å². The van der Waals surface area contributed by atoms with Gasteiger partial charge in [0.1, 0.15) is 11.6 Å². The molecule has 0 radical (unpaired) electrons. The SMILES string of the molecule is C[C@]12C=C[C@]3(O1)[C@H](C(=O)N(c1cccnc1)[C@@H]3C(=O)NC1CCCCC1)[C@@H]2C(=O)NC1CCCCC1. The van der Waals surface area contributed by atoms with Crippen molar-refractivity contribution in [3.05, 3.63) is 36.7 Å². The molecule has 3 amide bonds. The molecule has 2 saturated heterocycles. The van der Waals surface area contributed by atoms with Crippen LogP contribution in [0, 0.1) is 11.8 Å². The largest absolute Gasteiger partial charge is 0.356 e. The molecular weight excluding hydrogens is 456 g/mol. The maximum atomic E-state index is 14.2. The quantitative estimate of drug-likeness (QED) is 0.616. The Bertz CT molecular complexity index is 1060. The first-order valence-corrected chi connectivity index (χ1v) is 13.7. The maximum Gasteiger partial charge on any atom is 0.246 e. The molecule has 2 aliphatic carbocycles. The molecule has 0 aromatic carbocycles. The third kappa shape index (κ3) is 3.67. The Morgan fingerprint density at radius 1 is 0.972 bits per heavy atom. The second-order valence-corrected chi connectivity index (χ2v) is 11.4. The standard InChI is InChI=1S/C28H36N4O4/c1-27-14-15-28(36-27)22(21(27)24(33)30-18-9-4-2-5-10-18)26(35)32(20-13-8-16-29-17-20)23(28)25(34)31-19-11-6-3-7-12-19/h8,13-19,21-23H,2-7,9-12H2,1H3,(H,30,33)(H,31,34)/t21-,22+,23-,27-,28+/m1/s1. The topological polar surface area (TPSA) is 101 Å². The normalized spacial score (nSPS) is 36.2. The zero-order chi connectivity index (χ0) is 24.9. The van der Waals surface area contributed by atoms with Crippen molar-refractivity contribution in [3.8, 4) is 0 Å². The summed E-state index contributed by atoms with van der Waals surface area (Å²) in [6.45, 7) is 1.87. The van der Waals surface area contributed by atoms with Gasteiger partial charge in [0.15, 0.2) is 0 Å². The van der Waals surface area contributed by atoms with Gasteiger partial charge in [-0.2, -0.15) is 0 Å². The van der Waals surface area contributed by atoms with Gasteiger partial charge in [0.05, 0.1) is 29.3 Å². The lowest BCUT2D eigenvalue weighted by Gasteiger charge is -2.34. The van der Waals surface area contributed by atoms with Crippen molar-refractivity contribution < 1.29 is 19.1 Å². The van der Waals surface area contributed by atoms with Crippen LogP contribution in [0.2, 0.25) is 0 Å². The fourth-order valence-electron chi connectivity index (χ4n) is 7.37. The fourth-order valence-corrected chi connectivity index (χ4v) is 7.37. The number of carbonyl (C=O) groups excluding carboxylic acids is 3. The van der Waals surface area contributed by atoms with E-state index in [2.05, 4.69) is 15.6 Å². The van der Waals surface area contributed by atoms with Gasteiger partial charge < -0.3 is 15.4 Å². The number of hydrogen-bond acceptors (Lipinski definition) is 5. The third-order valence-electron chi connectivity index (χ3n) is 9.06. The van der Waals surface area contributed by atoms with Crippen molar-refractivity contribution in [1.29, 1.82) is 0 Å². The number of nitrogens with one attached hydrogen (secondary N) is 2. The van der Waals surface area contributed by atoms with E-state index in [9.17, 15) is 14.4 Å². The molecule has 0 unspecified atom stereocenters. The number of nitrogens with zero attached hydrogens (tertiary/aromatic N) is 2. The Labute approximate surface area is 212 Å². The number of rotatable bonds is 5. The number of ether oxygens (including phenoxy) is 1. The molecule has 2 saturated carbocycles. The zero-order valence-corrected chi connectivity index (χ0v) is 20.9. The molecule has 1 spiro atoms. The van der Waals surface area contributed by atoms with E-state index < -0.39 is 29.1 Å². The van der Waals surface area contributed by atoms with Crippen molar-refractivity contribution in [2.45, 2.75) is 100 Å². The van der Waals surface area contributed by atoms with Gasteiger partial charge in [-0.1, -0.05) is 50.7 Å². The molecule has 36 heavy (non-hydrogen) atoms. The summed E-state index contributed by atoms with van der Waals surface area (Å²) in [5.41, 5.74) is -1.56. The van der Waals surface area contributed by atoms with Crippen LogP contribution in [-0.2, 0) is 19.1 Å². The average Bonchev–Trinajstić information content (AvgIpc) is 3.46. The van der Waals surface area contributed by atoms with Crippen LogP contribution in [-0.4, -0.2) is 52.0 Å². The van der Waals surface area contributed by atoms with E-state index in [0.29, 0.717) is 5.69 Å². The lowest BCUT2D eigenvalue weighted by molar-refractivity contribution is -0.135. The minimum Gasteiger partial charge on any atom is -0.356 e. The predicted molar refractivity (Wildman–Crippen MR) is 134 cm³/mol. The second-order valence-electron chi connectivity index (χ2n) is 11.4. The van der Waals surface area contributed by atoms with Crippen LogP contribution in [0.25, 0.3) is 0 Å². The number of amides is 3. The first kappa shape index (κ1) is 23.6. The van der Waals surface area contributed by atoms with Gasteiger partial charge in [0, 0.05) is 18.3 Å². The zero-order valence-electron chi connectivity index (χ0n) is 20.9. The lowest BCUT2D eigenvalue weighted by Crippen LogP contribution is -2.57. The molecule has 2 bridgehead atoms. The Hall–Kier alpha value is -2.74. The number of hydrogen-bond donors (Lipinski definition) is 2. The summed E-state index contributed by atoms with van der Waals surface area (Å²) < 4.78 is 6.62. The van der Waals surface area contributed by atoms with Crippen LogP contribution < -0.4 is 15.5 Å². The Kier molecular flexibility index (Phi) is 5.90. The van der Waals surface area contributed by atoms with E-state index >= 15 is 0 Å². The maximum absolute atomic E-state index is 14.2. The van der Waals surface area contributed by atoms with Gasteiger partial charge in [-0.25, -0.2) is 0 Å². The number of fused-ring (bicyclic) bond motifs is 1. The highest BCUT2D eigenvalue weighted by atomic mass is 16.5. The van der Waals surface area contributed by atoms with Crippen molar-refractivity contribution in [3.63, 3.8) is 0 Å². The van der Waals surface area contributed by atoms with Gasteiger partial charge >= 0.3 is 0 Å². The van der Waals surface area contributed by atoms with Crippen LogP contribution in [0.4, 0.5) is 5.69 Å². The molecule has 1 aromatic rings. The van der Waals surface area contributed by atoms with E-state index in [-0.39, 0.29) is 29.8 Å². The van der Waals surface area contributed by atoms with Crippen molar-refractivity contribution in [2.75, 3.05) is 4.90 Å². The van der Waals surface area contributed by atoms with Gasteiger partial charge in [-0.15, -0.1) is 0 Å². The van der Waals surface area contributed by atoms with Crippen LogP contribution in [0.1, 0.15) is 71.1 Å². The smallest absolute Gasteiger partial charge is 0.246 e. The van der Waals surface area contributed by atoms with Gasteiger partial charge in [0.2, 0.25) is 17.7 Å². The lowest BCUT2D eigenvalue weighted by atomic mass is 9.70. The molecule has 2 N–H and O–H groups in total. The molecule has 8 heteroatoms. The minimum atomic E-state index is -1.19. The Morgan fingerprint density at radius 3 is 2.22 bits per heavy atom. The molecule has 4 fully saturated rings. The molecular formula is C28H36N4O4. The molecule has 192 valence electrons. The van der Waals surface area contributed by atoms with E-state index in [4.69, 9.17) is 4.74 Å². The summed E-state index contributed by atoms with van der Waals surface area (Å²) in [5.74, 6) is -2.07. The monoisotopic (exact) mass is 492 g/mol. The number of anilines is 1. The van der Waals surface area contributed by atoms with Crippen LogP contribution in [0.5, 0.6) is 0 Å². The Balaban J connectivity index is 1.35. The molecule has 5 aliphatic rings. The molecule has 3 aliphatic heterocycles. The number of carbonyl (C=O) groups is 3. The third-order valence-corrected chi connectivity index (χ3v) is 9.06. The summed E-state index contributed by atoms with van der Waals surface area (Å²) in [6.07, 6.45) is 17.6. The first-order chi connectivity index (χ1) is 17.4. The predicted octanol–water partition coefficient (Wildman–Crippen LogP) is 3.02. The van der Waals surface area contributed by atoms with Gasteiger partial charge in [-0.3, -0.25) is 24.3 Å². The number of aromatic nitrogens is 1. The molecule has 6 rings (SSSR count). The summed E-state index contributed by atoms with van der Waals surface area (Å²) in [4.78, 5) is 47.5. The highest BCUT2D eigenvalue weighted by Crippen LogP contribution is 2.60. The minimum absolute atomic E-state index is 0.0936. The average molecular weight is 493 g/mol. The molecule has 1 aromatic heterocycles. The fraction of sp³-hybridized carbons (Fsp3) is 0.643. The molecule has 5 atom stereocenters. The van der Waals surface area contributed by atoms with Gasteiger partial charge in [-0.05, 0) is 44.7 Å². The van der Waals surface area contributed by atoms with Gasteiger partial charge in [0.25, 0.3) is 0 Å². The highest BCUT2D eigenvalue weighted by Gasteiger charge is 2.76. The van der Waals surface area contributed by atoms with Crippen LogP contribution >= 0.6 is 0 Å².